The fourth-order valence-electron chi connectivity index (χ4n) is 1.78. The molecule has 0 saturated carbocycles. The van der Waals surface area contributed by atoms with E-state index in [1.54, 1.807) is 19.1 Å². The van der Waals surface area contributed by atoms with Crippen molar-refractivity contribution >= 4 is 23.3 Å². The summed E-state index contributed by atoms with van der Waals surface area (Å²) in [6.45, 7) is 1.70. The van der Waals surface area contributed by atoms with E-state index in [0.717, 1.165) is 0 Å². The second kappa shape index (κ2) is 5.80. The standard InChI is InChI=1S/C14H10ClNO5/c1-8-7-9(15)5-6-12(8)21-13-10(14(17)18)3-2-4-11(13)16(19)20/h2-7H,1H3,(H,17,18). The fraction of sp³-hybridized carbons (Fsp3) is 0.0714. The Morgan fingerprint density at radius 3 is 2.62 bits per heavy atom. The fourth-order valence-corrected chi connectivity index (χ4v) is 2.01. The van der Waals surface area contributed by atoms with E-state index in [9.17, 15) is 14.9 Å². The molecule has 0 bridgehead atoms. The van der Waals surface area contributed by atoms with Gasteiger partial charge in [0.05, 0.1) is 4.92 Å². The minimum absolute atomic E-state index is 0.279. The lowest BCUT2D eigenvalue weighted by Gasteiger charge is -2.11. The molecule has 0 aliphatic heterocycles. The van der Waals surface area contributed by atoms with Gasteiger partial charge in [0.2, 0.25) is 5.75 Å². The average molecular weight is 308 g/mol. The number of para-hydroxylation sites is 1. The van der Waals surface area contributed by atoms with Crippen LogP contribution in [0.1, 0.15) is 15.9 Å². The van der Waals surface area contributed by atoms with Gasteiger partial charge in [-0.3, -0.25) is 10.1 Å². The summed E-state index contributed by atoms with van der Waals surface area (Å²) in [5.41, 5.74) is -0.0558. The van der Waals surface area contributed by atoms with E-state index in [-0.39, 0.29) is 11.3 Å². The molecular weight excluding hydrogens is 298 g/mol. The van der Waals surface area contributed by atoms with Crippen molar-refractivity contribution in [1.29, 1.82) is 0 Å². The van der Waals surface area contributed by atoms with Crippen LogP contribution in [0, 0.1) is 17.0 Å². The Hall–Kier alpha value is -2.60. The minimum atomic E-state index is -1.31. The molecular formula is C14H10ClNO5. The lowest BCUT2D eigenvalue weighted by Crippen LogP contribution is -2.03. The Balaban J connectivity index is 2.56. The molecule has 0 fully saturated rings. The van der Waals surface area contributed by atoms with E-state index >= 15 is 0 Å². The lowest BCUT2D eigenvalue weighted by atomic mass is 10.1. The minimum Gasteiger partial charge on any atom is -0.478 e. The molecule has 21 heavy (non-hydrogen) atoms. The molecule has 0 aliphatic carbocycles. The van der Waals surface area contributed by atoms with E-state index in [0.29, 0.717) is 16.3 Å². The maximum atomic E-state index is 11.2. The number of nitro groups is 1. The van der Waals surface area contributed by atoms with Gasteiger partial charge < -0.3 is 9.84 Å². The molecule has 0 spiro atoms. The second-order valence-electron chi connectivity index (χ2n) is 4.23. The van der Waals surface area contributed by atoms with Crippen molar-refractivity contribution in [3.05, 3.63) is 62.7 Å². The molecule has 2 rings (SSSR count). The van der Waals surface area contributed by atoms with Crippen LogP contribution >= 0.6 is 11.6 Å². The summed E-state index contributed by atoms with van der Waals surface area (Å²) in [5.74, 6) is -1.31. The quantitative estimate of drug-likeness (QED) is 0.680. The first-order valence-electron chi connectivity index (χ1n) is 5.85. The molecule has 0 heterocycles. The van der Waals surface area contributed by atoms with Crippen LogP contribution in [-0.4, -0.2) is 16.0 Å². The van der Waals surface area contributed by atoms with Crippen molar-refractivity contribution in [2.75, 3.05) is 0 Å². The highest BCUT2D eigenvalue weighted by Crippen LogP contribution is 2.36. The third kappa shape index (κ3) is 3.11. The number of hydrogen-bond donors (Lipinski definition) is 1. The van der Waals surface area contributed by atoms with Crippen LogP contribution < -0.4 is 4.74 Å². The van der Waals surface area contributed by atoms with Crippen LogP contribution in [0.5, 0.6) is 11.5 Å². The summed E-state index contributed by atoms with van der Waals surface area (Å²) >= 11 is 5.83. The normalized spacial score (nSPS) is 10.2. The highest BCUT2D eigenvalue weighted by molar-refractivity contribution is 6.30. The number of halogens is 1. The molecule has 108 valence electrons. The van der Waals surface area contributed by atoms with Gasteiger partial charge in [-0.05, 0) is 36.8 Å². The van der Waals surface area contributed by atoms with Crippen molar-refractivity contribution in [1.82, 2.24) is 0 Å². The molecule has 0 radical (unpaired) electrons. The highest BCUT2D eigenvalue weighted by Gasteiger charge is 2.24. The van der Waals surface area contributed by atoms with E-state index in [1.165, 1.54) is 24.3 Å². The average Bonchev–Trinajstić information content (AvgIpc) is 2.41. The summed E-state index contributed by atoms with van der Waals surface area (Å²) in [7, 11) is 0. The number of rotatable bonds is 4. The van der Waals surface area contributed by atoms with Crippen molar-refractivity contribution in [3.8, 4) is 11.5 Å². The molecule has 0 amide bonds. The second-order valence-corrected chi connectivity index (χ2v) is 4.66. The summed E-state index contributed by atoms with van der Waals surface area (Å²) in [6, 6.07) is 8.43. The highest BCUT2D eigenvalue weighted by atomic mass is 35.5. The zero-order valence-electron chi connectivity index (χ0n) is 10.9. The number of nitrogens with zero attached hydrogens (tertiary/aromatic N) is 1. The van der Waals surface area contributed by atoms with Gasteiger partial charge in [0.1, 0.15) is 11.3 Å². The van der Waals surface area contributed by atoms with Gasteiger partial charge in [-0.2, -0.15) is 0 Å². The smallest absolute Gasteiger partial charge is 0.339 e. The third-order valence-corrected chi connectivity index (χ3v) is 3.01. The van der Waals surface area contributed by atoms with Gasteiger partial charge in [-0.15, -0.1) is 0 Å². The Morgan fingerprint density at radius 1 is 1.33 bits per heavy atom. The van der Waals surface area contributed by atoms with Crippen molar-refractivity contribution in [2.45, 2.75) is 6.92 Å². The Labute approximate surface area is 124 Å². The maximum absolute atomic E-state index is 11.2. The Kier molecular flexibility index (Phi) is 4.09. The number of aromatic carboxylic acids is 1. The van der Waals surface area contributed by atoms with Crippen molar-refractivity contribution in [2.24, 2.45) is 0 Å². The largest absolute Gasteiger partial charge is 0.478 e. The molecule has 1 N–H and O–H groups in total. The number of carbonyl (C=O) groups is 1. The predicted molar refractivity (Wildman–Crippen MR) is 76.3 cm³/mol. The maximum Gasteiger partial charge on any atom is 0.339 e. The lowest BCUT2D eigenvalue weighted by molar-refractivity contribution is -0.385. The number of ether oxygens (including phenoxy) is 1. The van der Waals surface area contributed by atoms with Crippen LogP contribution in [0.15, 0.2) is 36.4 Å². The predicted octanol–water partition coefficient (Wildman–Crippen LogP) is 4.05. The molecule has 7 heteroatoms. The van der Waals surface area contributed by atoms with E-state index in [2.05, 4.69) is 0 Å². The number of hydrogen-bond acceptors (Lipinski definition) is 4. The van der Waals surface area contributed by atoms with Crippen molar-refractivity contribution in [3.63, 3.8) is 0 Å². The monoisotopic (exact) mass is 307 g/mol. The summed E-state index contributed by atoms with van der Waals surface area (Å²) < 4.78 is 5.47. The van der Waals surface area contributed by atoms with Gasteiger partial charge >= 0.3 is 11.7 Å². The van der Waals surface area contributed by atoms with Gasteiger partial charge in [0, 0.05) is 11.1 Å². The Morgan fingerprint density at radius 2 is 2.05 bits per heavy atom. The Bertz CT molecular complexity index is 697. The van der Waals surface area contributed by atoms with E-state index < -0.39 is 16.6 Å². The van der Waals surface area contributed by atoms with Crippen molar-refractivity contribution < 1.29 is 19.6 Å². The first kappa shape index (κ1) is 14.8. The zero-order chi connectivity index (χ0) is 15.6. The summed E-state index contributed by atoms with van der Waals surface area (Å²) in [6.07, 6.45) is 0. The SMILES string of the molecule is Cc1cc(Cl)ccc1Oc1c(C(=O)O)cccc1[N+](=O)[O-]. The number of aryl methyl sites for hydroxylation is 1. The first-order chi connectivity index (χ1) is 9.90. The van der Waals surface area contributed by atoms with Crippen LogP contribution in [0.25, 0.3) is 0 Å². The van der Waals surface area contributed by atoms with Gasteiger partial charge in [-0.25, -0.2) is 4.79 Å². The molecule has 0 aromatic heterocycles. The molecule has 0 saturated heterocycles. The van der Waals surface area contributed by atoms with Crippen LogP contribution in [0.3, 0.4) is 0 Å². The third-order valence-electron chi connectivity index (χ3n) is 2.77. The van der Waals surface area contributed by atoms with Gasteiger partial charge in [-0.1, -0.05) is 17.7 Å². The molecule has 0 atom stereocenters. The number of carboxylic acid groups (broad SMARTS) is 1. The zero-order valence-corrected chi connectivity index (χ0v) is 11.6. The number of benzene rings is 2. The summed E-state index contributed by atoms with van der Waals surface area (Å²) in [4.78, 5) is 21.6. The summed E-state index contributed by atoms with van der Waals surface area (Å²) in [5, 5.41) is 20.7. The number of carboxylic acids is 1. The number of nitro benzene ring substituents is 1. The van der Waals surface area contributed by atoms with Gasteiger partial charge in [0.25, 0.3) is 0 Å². The van der Waals surface area contributed by atoms with E-state index in [1.807, 2.05) is 0 Å². The molecule has 6 nitrogen and oxygen atoms in total. The molecule has 0 aliphatic rings. The molecule has 2 aromatic rings. The topological polar surface area (TPSA) is 89.7 Å². The van der Waals surface area contributed by atoms with E-state index in [4.69, 9.17) is 21.4 Å². The first-order valence-corrected chi connectivity index (χ1v) is 6.22. The van der Waals surface area contributed by atoms with Crippen LogP contribution in [0.4, 0.5) is 5.69 Å². The van der Waals surface area contributed by atoms with Gasteiger partial charge in [0.15, 0.2) is 0 Å². The van der Waals surface area contributed by atoms with Crippen LogP contribution in [0.2, 0.25) is 5.02 Å². The van der Waals surface area contributed by atoms with Crippen LogP contribution in [-0.2, 0) is 0 Å². The molecule has 0 unspecified atom stereocenters. The molecule has 2 aromatic carbocycles.